The highest BCUT2D eigenvalue weighted by Gasteiger charge is 2.22. The summed E-state index contributed by atoms with van der Waals surface area (Å²) >= 11 is 1.49. The molecule has 0 atom stereocenters. The molecular formula is C13H17N3O2S. The van der Waals surface area contributed by atoms with Gasteiger partial charge in [0, 0.05) is 28.9 Å². The number of nitrogens with zero attached hydrogens (tertiary/aromatic N) is 2. The molecule has 0 aliphatic carbocycles. The number of hydrogen-bond acceptors (Lipinski definition) is 5. The van der Waals surface area contributed by atoms with Crippen molar-refractivity contribution in [1.82, 2.24) is 9.97 Å². The van der Waals surface area contributed by atoms with Crippen molar-refractivity contribution in [2.45, 2.75) is 18.5 Å². The van der Waals surface area contributed by atoms with Gasteiger partial charge in [-0.25, -0.2) is 9.97 Å². The third-order valence-electron chi connectivity index (χ3n) is 3.04. The van der Waals surface area contributed by atoms with Gasteiger partial charge < -0.3 is 10.5 Å². The first kappa shape index (κ1) is 14.0. The second-order valence-corrected chi connectivity index (χ2v) is 5.31. The third-order valence-corrected chi connectivity index (χ3v) is 3.60. The van der Waals surface area contributed by atoms with E-state index in [2.05, 4.69) is 9.97 Å². The molecule has 5 nitrogen and oxygen atoms in total. The number of aromatic nitrogens is 2. The summed E-state index contributed by atoms with van der Waals surface area (Å²) < 4.78 is 5.11. The summed E-state index contributed by atoms with van der Waals surface area (Å²) in [5.74, 6) is 0.00527. The second kappa shape index (κ2) is 6.16. The van der Waals surface area contributed by atoms with Crippen LogP contribution in [0.5, 0.6) is 0 Å². The van der Waals surface area contributed by atoms with Crippen molar-refractivity contribution >= 4 is 23.7 Å². The summed E-state index contributed by atoms with van der Waals surface area (Å²) in [5, 5.41) is 0.725. The number of primary amides is 1. The zero-order valence-electron chi connectivity index (χ0n) is 11.0. The van der Waals surface area contributed by atoms with E-state index in [9.17, 15) is 4.79 Å². The van der Waals surface area contributed by atoms with Crippen molar-refractivity contribution in [3.63, 3.8) is 0 Å². The Kier molecular flexibility index (Phi) is 4.55. The molecule has 1 aromatic heterocycles. The normalized spacial score (nSPS) is 16.2. The van der Waals surface area contributed by atoms with Crippen LogP contribution in [-0.2, 0) is 9.53 Å². The van der Waals surface area contributed by atoms with Gasteiger partial charge in [0.1, 0.15) is 0 Å². The maximum atomic E-state index is 11.5. The smallest absolute Gasteiger partial charge is 0.244 e. The molecule has 19 heavy (non-hydrogen) atoms. The topological polar surface area (TPSA) is 78.1 Å². The Bertz CT molecular complexity index is 513. The number of thioether (sulfide) groups is 1. The predicted octanol–water partition coefficient (Wildman–Crippen LogP) is 1.41. The van der Waals surface area contributed by atoms with Gasteiger partial charge in [-0.1, -0.05) is 11.8 Å². The van der Waals surface area contributed by atoms with Gasteiger partial charge in [-0.3, -0.25) is 4.79 Å². The molecule has 0 radical (unpaired) electrons. The summed E-state index contributed by atoms with van der Waals surface area (Å²) in [6.45, 7) is 3.30. The Morgan fingerprint density at radius 3 is 2.84 bits per heavy atom. The van der Waals surface area contributed by atoms with Gasteiger partial charge in [-0.15, -0.1) is 0 Å². The van der Waals surface area contributed by atoms with Crippen LogP contribution in [-0.4, -0.2) is 35.3 Å². The standard InChI is InChI=1S/C13H17N3O2S/c1-8-11(5-15-13(16-8)19-2)4-10(12(14)17)3-9-6-18-7-9/h4-5,9H,3,6-7H2,1-2H3,(H2,14,17)/b10-4+. The largest absolute Gasteiger partial charge is 0.381 e. The van der Waals surface area contributed by atoms with Crippen LogP contribution in [0.25, 0.3) is 6.08 Å². The van der Waals surface area contributed by atoms with E-state index in [-0.39, 0.29) is 5.91 Å². The summed E-state index contributed by atoms with van der Waals surface area (Å²) in [7, 11) is 0. The van der Waals surface area contributed by atoms with Crippen LogP contribution in [0.2, 0.25) is 0 Å². The van der Waals surface area contributed by atoms with Gasteiger partial charge >= 0.3 is 0 Å². The minimum absolute atomic E-state index is 0.389. The molecule has 1 fully saturated rings. The third kappa shape index (κ3) is 3.54. The molecule has 0 bridgehead atoms. The van der Waals surface area contributed by atoms with Gasteiger partial charge in [0.25, 0.3) is 0 Å². The van der Waals surface area contributed by atoms with Crippen molar-refractivity contribution in [2.75, 3.05) is 19.5 Å². The first-order valence-electron chi connectivity index (χ1n) is 6.06. The maximum absolute atomic E-state index is 11.5. The van der Waals surface area contributed by atoms with Gasteiger partial charge in [-0.2, -0.15) is 0 Å². The number of aryl methyl sites for hydroxylation is 1. The summed E-state index contributed by atoms with van der Waals surface area (Å²) in [6.07, 6.45) is 6.10. The molecule has 2 heterocycles. The lowest BCUT2D eigenvalue weighted by molar-refractivity contribution is -0.115. The zero-order chi connectivity index (χ0) is 13.8. The molecule has 1 aliphatic heterocycles. The quantitative estimate of drug-likeness (QED) is 0.501. The van der Waals surface area contributed by atoms with Gasteiger partial charge in [0.2, 0.25) is 5.91 Å². The minimum atomic E-state index is -0.389. The molecule has 1 aliphatic rings. The Balaban J connectivity index is 2.22. The average molecular weight is 279 g/mol. The predicted molar refractivity (Wildman–Crippen MR) is 74.6 cm³/mol. The van der Waals surface area contributed by atoms with E-state index < -0.39 is 0 Å². The highest BCUT2D eigenvalue weighted by atomic mass is 32.2. The SMILES string of the molecule is CSc1ncc(/C=C(\CC2COC2)C(N)=O)c(C)n1. The molecule has 0 saturated carbocycles. The lowest BCUT2D eigenvalue weighted by Crippen LogP contribution is -2.30. The number of hydrogen-bond donors (Lipinski definition) is 1. The molecule has 0 aromatic carbocycles. The molecule has 1 amide bonds. The van der Waals surface area contributed by atoms with E-state index in [4.69, 9.17) is 10.5 Å². The fourth-order valence-corrected chi connectivity index (χ4v) is 2.21. The highest BCUT2D eigenvalue weighted by Crippen LogP contribution is 2.22. The maximum Gasteiger partial charge on any atom is 0.244 e. The summed E-state index contributed by atoms with van der Waals surface area (Å²) in [5.41, 5.74) is 7.72. The molecule has 6 heteroatoms. The molecule has 1 aromatic rings. The van der Waals surface area contributed by atoms with Crippen LogP contribution in [0.4, 0.5) is 0 Å². The number of carbonyl (C=O) groups excluding carboxylic acids is 1. The lowest BCUT2D eigenvalue weighted by Gasteiger charge is -2.26. The fraction of sp³-hybridized carbons (Fsp3) is 0.462. The Morgan fingerprint density at radius 1 is 1.63 bits per heavy atom. The van der Waals surface area contributed by atoms with E-state index in [1.165, 1.54) is 11.8 Å². The average Bonchev–Trinajstić information content (AvgIpc) is 2.33. The van der Waals surface area contributed by atoms with Crippen molar-refractivity contribution in [3.8, 4) is 0 Å². The monoisotopic (exact) mass is 279 g/mol. The molecule has 102 valence electrons. The number of amides is 1. The van der Waals surface area contributed by atoms with Gasteiger partial charge in [-0.05, 0) is 25.7 Å². The number of rotatable bonds is 5. The Morgan fingerprint density at radius 2 is 2.37 bits per heavy atom. The fourth-order valence-electron chi connectivity index (χ4n) is 1.83. The first-order chi connectivity index (χ1) is 9.10. The molecule has 0 unspecified atom stereocenters. The van der Waals surface area contributed by atoms with E-state index >= 15 is 0 Å². The van der Waals surface area contributed by atoms with Crippen molar-refractivity contribution < 1.29 is 9.53 Å². The Hall–Kier alpha value is -1.40. The van der Waals surface area contributed by atoms with Crippen LogP contribution >= 0.6 is 11.8 Å². The highest BCUT2D eigenvalue weighted by molar-refractivity contribution is 7.98. The van der Waals surface area contributed by atoms with Crippen LogP contribution < -0.4 is 5.73 Å². The lowest BCUT2D eigenvalue weighted by atomic mass is 9.96. The number of ether oxygens (including phenoxy) is 1. The van der Waals surface area contributed by atoms with Crippen LogP contribution in [0.1, 0.15) is 17.7 Å². The molecular weight excluding hydrogens is 262 g/mol. The minimum Gasteiger partial charge on any atom is -0.381 e. The van der Waals surface area contributed by atoms with Crippen molar-refractivity contribution in [2.24, 2.45) is 11.7 Å². The Labute approximate surface area is 116 Å². The molecule has 0 spiro atoms. The van der Waals surface area contributed by atoms with Gasteiger partial charge in [0.05, 0.1) is 13.2 Å². The molecule has 2 N–H and O–H groups in total. The molecule has 1 saturated heterocycles. The van der Waals surface area contributed by atoms with Crippen LogP contribution in [0, 0.1) is 12.8 Å². The van der Waals surface area contributed by atoms with Gasteiger partial charge in [0.15, 0.2) is 5.16 Å². The van der Waals surface area contributed by atoms with Crippen LogP contribution in [0.15, 0.2) is 16.9 Å². The molecule has 2 rings (SSSR count). The zero-order valence-corrected chi connectivity index (χ0v) is 11.9. The summed E-state index contributed by atoms with van der Waals surface area (Å²) in [4.78, 5) is 20.0. The van der Waals surface area contributed by atoms with E-state index in [0.29, 0.717) is 31.1 Å². The van der Waals surface area contributed by atoms with Crippen molar-refractivity contribution in [3.05, 3.63) is 23.0 Å². The number of carbonyl (C=O) groups is 1. The van der Waals surface area contributed by atoms with E-state index in [0.717, 1.165) is 16.4 Å². The van der Waals surface area contributed by atoms with Crippen molar-refractivity contribution in [1.29, 1.82) is 0 Å². The van der Waals surface area contributed by atoms with E-state index in [1.54, 1.807) is 12.3 Å². The summed E-state index contributed by atoms with van der Waals surface area (Å²) in [6, 6.07) is 0. The van der Waals surface area contributed by atoms with Crippen LogP contribution in [0.3, 0.4) is 0 Å². The first-order valence-corrected chi connectivity index (χ1v) is 7.28. The van der Waals surface area contributed by atoms with E-state index in [1.807, 2.05) is 13.2 Å². The number of nitrogens with two attached hydrogens (primary N) is 1. The second-order valence-electron chi connectivity index (χ2n) is 4.54.